The molecule has 39 heavy (non-hydrogen) atoms. The third-order valence-electron chi connectivity index (χ3n) is 5.78. The molecule has 3 aromatic rings. The first-order valence-corrected chi connectivity index (χ1v) is 11.7. The van der Waals surface area contributed by atoms with Gasteiger partial charge in [0.25, 0.3) is 11.7 Å². The van der Waals surface area contributed by atoms with Crippen molar-refractivity contribution in [3.8, 4) is 23.0 Å². The number of phenolic OH excluding ortho intramolecular Hbond substituents is 1. The molecule has 8 nitrogen and oxygen atoms in total. The summed E-state index contributed by atoms with van der Waals surface area (Å²) in [6.07, 6.45) is -5.01. The van der Waals surface area contributed by atoms with Crippen LogP contribution in [0.15, 0.2) is 60.2 Å². The topological polar surface area (TPSA) is 106 Å². The lowest BCUT2D eigenvalue weighted by molar-refractivity contribution is -0.274. The highest BCUT2D eigenvalue weighted by atomic mass is 35.5. The highest BCUT2D eigenvalue weighted by Crippen LogP contribution is 2.48. The highest BCUT2D eigenvalue weighted by molar-refractivity contribution is 6.52. The number of aliphatic hydroxyl groups is 1. The van der Waals surface area contributed by atoms with Crippen LogP contribution in [-0.4, -0.2) is 42.5 Å². The van der Waals surface area contributed by atoms with Crippen molar-refractivity contribution < 1.29 is 47.2 Å². The maximum absolute atomic E-state index is 13.4. The van der Waals surface area contributed by atoms with Gasteiger partial charge in [0, 0.05) is 11.8 Å². The maximum Gasteiger partial charge on any atom is 0.573 e. The second kappa shape index (κ2) is 10.6. The van der Waals surface area contributed by atoms with Gasteiger partial charge in [-0.3, -0.25) is 14.5 Å². The van der Waals surface area contributed by atoms with Gasteiger partial charge in [0.05, 0.1) is 36.4 Å². The molecule has 1 aliphatic heterocycles. The Morgan fingerprint density at radius 2 is 1.62 bits per heavy atom. The first kappa shape index (κ1) is 27.9. The highest BCUT2D eigenvalue weighted by Gasteiger charge is 2.47. The number of carbonyl (C=O) groups excluding carboxylic acids is 2. The number of methoxy groups -OCH3 is 2. The molecule has 1 fully saturated rings. The molecule has 1 aliphatic rings. The van der Waals surface area contributed by atoms with Gasteiger partial charge >= 0.3 is 6.36 Å². The Balaban J connectivity index is 1.98. The Hall–Kier alpha value is -4.09. The molecule has 1 unspecified atom stereocenters. The van der Waals surface area contributed by atoms with Gasteiger partial charge in [-0.1, -0.05) is 41.4 Å². The maximum atomic E-state index is 13.4. The quantitative estimate of drug-likeness (QED) is 0.201. The smallest absolute Gasteiger partial charge is 0.508 e. The summed E-state index contributed by atoms with van der Waals surface area (Å²) in [5.74, 6) is -3.88. The standard InChI is InChI=1S/C26H18Cl2F3NO7/c1-37-23-16(11-17(27)24(38-2)19(23)28)21(34)18-20(12-6-8-14(33)9-7-12)32(25(36)22(18)35)13-4-3-5-15(10-13)39-26(29,30)31/h3-11,20,33-34H,1-2H3/b21-18+. The van der Waals surface area contributed by atoms with Gasteiger partial charge < -0.3 is 24.4 Å². The number of ketones is 1. The van der Waals surface area contributed by atoms with Crippen LogP contribution in [0.1, 0.15) is 17.2 Å². The average Bonchev–Trinajstić information content (AvgIpc) is 3.13. The molecule has 204 valence electrons. The van der Waals surface area contributed by atoms with Crippen LogP contribution >= 0.6 is 23.2 Å². The minimum Gasteiger partial charge on any atom is -0.508 e. The molecule has 2 N–H and O–H groups in total. The Morgan fingerprint density at radius 3 is 2.21 bits per heavy atom. The zero-order chi connectivity index (χ0) is 28.6. The molecule has 0 aromatic heterocycles. The second-order valence-corrected chi connectivity index (χ2v) is 8.88. The van der Waals surface area contributed by atoms with E-state index in [1.807, 2.05) is 0 Å². The zero-order valence-corrected chi connectivity index (χ0v) is 21.6. The Bertz CT molecular complexity index is 1490. The fourth-order valence-corrected chi connectivity index (χ4v) is 4.88. The van der Waals surface area contributed by atoms with Crippen LogP contribution in [-0.2, 0) is 9.59 Å². The van der Waals surface area contributed by atoms with Crippen molar-refractivity contribution in [2.75, 3.05) is 19.1 Å². The lowest BCUT2D eigenvalue weighted by Crippen LogP contribution is -2.29. The summed E-state index contributed by atoms with van der Waals surface area (Å²) >= 11 is 12.6. The van der Waals surface area contributed by atoms with Crippen LogP contribution in [0.3, 0.4) is 0 Å². The van der Waals surface area contributed by atoms with E-state index in [-0.39, 0.29) is 44.1 Å². The molecule has 0 aliphatic carbocycles. The van der Waals surface area contributed by atoms with E-state index in [1.165, 1.54) is 56.7 Å². The average molecular weight is 584 g/mol. The minimum atomic E-state index is -5.01. The summed E-state index contributed by atoms with van der Waals surface area (Å²) in [6, 6.07) is 9.64. The van der Waals surface area contributed by atoms with E-state index < -0.39 is 41.2 Å². The van der Waals surface area contributed by atoms with E-state index >= 15 is 0 Å². The summed E-state index contributed by atoms with van der Waals surface area (Å²) in [5, 5.41) is 21.0. The second-order valence-electron chi connectivity index (χ2n) is 8.09. The summed E-state index contributed by atoms with van der Waals surface area (Å²) in [7, 11) is 2.55. The molecule has 0 spiro atoms. The summed E-state index contributed by atoms with van der Waals surface area (Å²) in [4.78, 5) is 27.6. The van der Waals surface area contributed by atoms with E-state index in [1.54, 1.807) is 0 Å². The van der Waals surface area contributed by atoms with E-state index in [0.29, 0.717) is 0 Å². The third kappa shape index (κ3) is 5.27. The molecule has 0 saturated carbocycles. The van der Waals surface area contributed by atoms with Crippen molar-refractivity contribution in [3.05, 3.63) is 81.3 Å². The van der Waals surface area contributed by atoms with Gasteiger partial charge in [0.2, 0.25) is 0 Å². The molecule has 1 atom stereocenters. The van der Waals surface area contributed by atoms with Gasteiger partial charge in [-0.15, -0.1) is 13.2 Å². The molecule has 3 aromatic carbocycles. The SMILES string of the molecule is COc1c(Cl)cc(/C(O)=C2\C(=O)C(=O)N(c3cccc(OC(F)(F)F)c3)C2c2ccc(O)cc2)c(OC)c1Cl. The predicted octanol–water partition coefficient (Wildman–Crippen LogP) is 6.24. The molecule has 4 rings (SSSR count). The summed E-state index contributed by atoms with van der Waals surface area (Å²) in [5.41, 5.74) is -0.484. The Labute approximate surface area is 229 Å². The first-order chi connectivity index (χ1) is 18.4. The number of nitrogens with zero attached hydrogens (tertiary/aromatic N) is 1. The van der Waals surface area contributed by atoms with Crippen molar-refractivity contribution in [2.45, 2.75) is 12.4 Å². The van der Waals surface area contributed by atoms with Crippen molar-refractivity contribution in [1.29, 1.82) is 0 Å². The van der Waals surface area contributed by atoms with Crippen LogP contribution < -0.4 is 19.1 Å². The van der Waals surface area contributed by atoms with Crippen molar-refractivity contribution in [1.82, 2.24) is 0 Å². The fraction of sp³-hybridized carbons (Fsp3) is 0.154. The molecule has 1 heterocycles. The summed E-state index contributed by atoms with van der Waals surface area (Å²) in [6.45, 7) is 0. The number of anilines is 1. The number of ether oxygens (including phenoxy) is 3. The van der Waals surface area contributed by atoms with Gasteiger partial charge in [0.15, 0.2) is 11.5 Å². The number of benzene rings is 3. The van der Waals surface area contributed by atoms with Gasteiger partial charge in [0.1, 0.15) is 22.3 Å². The van der Waals surface area contributed by atoms with E-state index in [2.05, 4.69) is 4.74 Å². The lowest BCUT2D eigenvalue weighted by atomic mass is 9.94. The normalized spacial score (nSPS) is 16.9. The monoisotopic (exact) mass is 583 g/mol. The number of alkyl halides is 3. The molecule has 1 amide bonds. The Kier molecular flexibility index (Phi) is 7.58. The number of hydrogen-bond acceptors (Lipinski definition) is 7. The van der Waals surface area contributed by atoms with Crippen molar-refractivity contribution in [2.24, 2.45) is 0 Å². The van der Waals surface area contributed by atoms with Gasteiger partial charge in [-0.25, -0.2) is 0 Å². The lowest BCUT2D eigenvalue weighted by Gasteiger charge is -2.26. The molecular formula is C26H18Cl2F3NO7. The predicted molar refractivity (Wildman–Crippen MR) is 136 cm³/mol. The number of aliphatic hydroxyl groups excluding tert-OH is 1. The molecular weight excluding hydrogens is 566 g/mol. The van der Waals surface area contributed by atoms with Crippen molar-refractivity contribution >= 4 is 46.3 Å². The van der Waals surface area contributed by atoms with Crippen LogP contribution in [0.4, 0.5) is 18.9 Å². The molecule has 1 saturated heterocycles. The number of aromatic hydroxyl groups is 1. The molecule has 0 radical (unpaired) electrons. The van der Waals surface area contributed by atoms with Crippen LogP contribution in [0.25, 0.3) is 5.76 Å². The number of phenols is 1. The van der Waals surface area contributed by atoms with E-state index in [9.17, 15) is 33.0 Å². The summed E-state index contributed by atoms with van der Waals surface area (Å²) < 4.78 is 53.0. The first-order valence-electron chi connectivity index (χ1n) is 10.9. The van der Waals surface area contributed by atoms with Crippen molar-refractivity contribution in [3.63, 3.8) is 0 Å². The Morgan fingerprint density at radius 1 is 0.974 bits per heavy atom. The van der Waals surface area contributed by atoms with Crippen LogP contribution in [0.5, 0.6) is 23.0 Å². The van der Waals surface area contributed by atoms with E-state index in [0.717, 1.165) is 17.0 Å². The van der Waals surface area contributed by atoms with E-state index in [4.69, 9.17) is 32.7 Å². The number of amides is 1. The van der Waals surface area contributed by atoms with Gasteiger partial charge in [-0.2, -0.15) is 0 Å². The largest absolute Gasteiger partial charge is 0.573 e. The number of halogens is 5. The molecule has 13 heteroatoms. The number of Topliss-reactive ketones (excluding diaryl/α,β-unsaturated/α-hetero) is 1. The number of hydrogen-bond donors (Lipinski definition) is 2. The number of rotatable bonds is 6. The number of carbonyl (C=O) groups is 2. The van der Waals surface area contributed by atoms with Gasteiger partial charge in [-0.05, 0) is 35.9 Å². The van der Waals surface area contributed by atoms with Crippen LogP contribution in [0.2, 0.25) is 10.0 Å². The zero-order valence-electron chi connectivity index (χ0n) is 20.0. The fourth-order valence-electron chi connectivity index (χ4n) is 4.19. The third-order valence-corrected chi connectivity index (χ3v) is 6.40. The van der Waals surface area contributed by atoms with Crippen LogP contribution in [0, 0.1) is 0 Å². The minimum absolute atomic E-state index is 0.0312. The molecule has 0 bridgehead atoms.